The van der Waals surface area contributed by atoms with Gasteiger partial charge in [0.15, 0.2) is 5.75 Å². The fourth-order valence-corrected chi connectivity index (χ4v) is 12.0. The van der Waals surface area contributed by atoms with Crippen LogP contribution >= 0.6 is 0 Å². The van der Waals surface area contributed by atoms with E-state index in [4.69, 9.17) is 9.47 Å². The molecule has 1 amide bonds. The SMILES string of the molecule is COc1nc2[nH]cc(F)c2cc1Oc1cc(N2CCC3(CC2)CN([C@@H]2CCC[C@@H]2c2ccccc2C(C)C)C3)ccc1C(=O)NS(=O)(=O)c1ccc(NCC2CCC(C)(O)CC2)c([N+](=O)[O-])c1. The molecule has 2 aliphatic heterocycles. The number of amides is 1. The molecule has 2 atom stereocenters. The molecule has 9 rings (SSSR count). The lowest BCUT2D eigenvalue weighted by molar-refractivity contribution is -0.384. The van der Waals surface area contributed by atoms with Crippen LogP contribution in [0.15, 0.2) is 77.8 Å². The molecule has 4 fully saturated rings. The highest BCUT2D eigenvalue weighted by molar-refractivity contribution is 7.90. The second kappa shape index (κ2) is 18.4. The Morgan fingerprint density at radius 1 is 1.01 bits per heavy atom. The van der Waals surface area contributed by atoms with E-state index in [2.05, 4.69) is 67.9 Å². The number of carbonyl (C=O) groups is 1. The maximum atomic E-state index is 14.8. The lowest BCUT2D eigenvalue weighted by Gasteiger charge is -2.57. The highest BCUT2D eigenvalue weighted by atomic mass is 32.2. The van der Waals surface area contributed by atoms with Crippen molar-refractivity contribution in [2.75, 3.05) is 50.1 Å². The maximum absolute atomic E-state index is 14.8. The number of fused-ring (bicyclic) bond motifs is 1. The second-order valence-corrected chi connectivity index (χ2v) is 21.5. The van der Waals surface area contributed by atoms with Crippen LogP contribution in [0.3, 0.4) is 0 Å². The van der Waals surface area contributed by atoms with Gasteiger partial charge in [-0.05, 0) is 117 Å². The highest BCUT2D eigenvalue weighted by Gasteiger charge is 2.49. The summed E-state index contributed by atoms with van der Waals surface area (Å²) < 4.78 is 56.4. The lowest BCUT2D eigenvalue weighted by atomic mass is 9.70. The second-order valence-electron chi connectivity index (χ2n) is 19.8. The number of nitrogens with zero attached hydrogens (tertiary/aromatic N) is 4. The minimum atomic E-state index is -4.65. The first-order valence-corrected chi connectivity index (χ1v) is 24.9. The van der Waals surface area contributed by atoms with Gasteiger partial charge in [0.05, 0.1) is 33.5 Å². The smallest absolute Gasteiger partial charge is 0.293 e. The number of nitro groups is 1. The van der Waals surface area contributed by atoms with Crippen molar-refractivity contribution in [1.29, 1.82) is 0 Å². The predicted octanol–water partition coefficient (Wildman–Crippen LogP) is 9.24. The van der Waals surface area contributed by atoms with Gasteiger partial charge in [-0.25, -0.2) is 17.5 Å². The number of aromatic nitrogens is 2. The summed E-state index contributed by atoms with van der Waals surface area (Å²) in [5.41, 5.74) is 2.93. The zero-order valence-electron chi connectivity index (χ0n) is 38.5. The van der Waals surface area contributed by atoms with E-state index in [0.717, 1.165) is 69.8 Å². The minimum absolute atomic E-state index is 0.00162. The van der Waals surface area contributed by atoms with E-state index in [1.807, 2.05) is 0 Å². The number of sulfonamides is 1. The Kier molecular flexibility index (Phi) is 12.7. The monoisotopic (exact) mass is 937 g/mol. The van der Waals surface area contributed by atoms with E-state index >= 15 is 0 Å². The Balaban J connectivity index is 0.927. The van der Waals surface area contributed by atoms with Crippen LogP contribution in [0.1, 0.15) is 112 Å². The van der Waals surface area contributed by atoms with E-state index < -0.39 is 42.9 Å². The lowest BCUT2D eigenvalue weighted by Crippen LogP contribution is -2.63. The van der Waals surface area contributed by atoms with Crippen LogP contribution in [0, 0.1) is 27.3 Å². The molecule has 5 aromatic rings. The fourth-order valence-electron chi connectivity index (χ4n) is 11.0. The summed E-state index contributed by atoms with van der Waals surface area (Å²) in [6, 6.07) is 19.2. The number of pyridine rings is 1. The Labute approximate surface area is 390 Å². The Bertz CT molecular complexity index is 2770. The van der Waals surface area contributed by atoms with Crippen LogP contribution in [0.4, 0.5) is 21.5 Å². The highest BCUT2D eigenvalue weighted by Crippen LogP contribution is 2.49. The van der Waals surface area contributed by atoms with Gasteiger partial charge >= 0.3 is 0 Å². The number of carbonyl (C=O) groups excluding carboxylic acids is 1. The van der Waals surface area contributed by atoms with Crippen LogP contribution in [0.2, 0.25) is 0 Å². The van der Waals surface area contributed by atoms with E-state index in [0.29, 0.717) is 37.3 Å². The number of nitrogens with one attached hydrogen (secondary N) is 3. The maximum Gasteiger partial charge on any atom is 0.293 e. The first-order chi connectivity index (χ1) is 32.0. The quantitative estimate of drug-likeness (QED) is 0.0611. The summed E-state index contributed by atoms with van der Waals surface area (Å²) >= 11 is 0. The Hall–Kier alpha value is -5.78. The van der Waals surface area contributed by atoms with Crippen molar-refractivity contribution in [1.82, 2.24) is 19.6 Å². The molecular weight excluding hydrogens is 878 g/mol. The summed E-state index contributed by atoms with van der Waals surface area (Å²) in [6.45, 7) is 10.4. The van der Waals surface area contributed by atoms with Gasteiger partial charge in [0, 0.05) is 68.8 Å². The predicted molar refractivity (Wildman–Crippen MR) is 254 cm³/mol. The molecule has 0 radical (unpaired) electrons. The molecule has 4 aliphatic rings. The van der Waals surface area contributed by atoms with E-state index in [-0.39, 0.29) is 51.0 Å². The zero-order valence-corrected chi connectivity index (χ0v) is 39.3. The van der Waals surface area contributed by atoms with Gasteiger partial charge in [-0.2, -0.15) is 4.98 Å². The topological polar surface area (TPSA) is 192 Å². The van der Waals surface area contributed by atoms with Crippen molar-refractivity contribution in [2.45, 2.75) is 107 Å². The molecule has 4 heterocycles. The number of anilines is 2. The Morgan fingerprint density at radius 3 is 2.48 bits per heavy atom. The zero-order chi connectivity index (χ0) is 47.3. The number of hydrogen-bond donors (Lipinski definition) is 4. The number of aromatic amines is 1. The van der Waals surface area contributed by atoms with Crippen molar-refractivity contribution in [3.63, 3.8) is 0 Å². The summed E-state index contributed by atoms with van der Waals surface area (Å²) in [5.74, 6) is -0.455. The molecule has 1 spiro atoms. The summed E-state index contributed by atoms with van der Waals surface area (Å²) in [7, 11) is -3.28. The summed E-state index contributed by atoms with van der Waals surface area (Å²) in [6.07, 6.45) is 9.50. The standard InChI is InChI=1S/C50H60FN7O8S/c1-31(2)35-8-5-6-9-36(35)37-10-7-11-42(37)57-29-50(30-57)20-22-56(23-21-50)33-12-14-38(44(24-33)66-45-26-39-40(51)28-53-46(39)54-48(45)65-4)47(59)55-67(63,64)34-13-15-41(43(25-34)58(61)62)52-27-32-16-18-49(3,60)19-17-32/h5-6,8-9,12-15,24-26,28,31-32,37,42,52,60H,7,10-11,16-23,27,29-30H2,1-4H3,(H,53,54)(H,55,59)/t32?,37-,42-,49?/m1/s1. The number of methoxy groups -OCH3 is 1. The number of aliphatic hydroxyl groups is 1. The van der Waals surface area contributed by atoms with Crippen LogP contribution in [-0.2, 0) is 10.0 Å². The molecule has 2 saturated heterocycles. The first kappa shape index (κ1) is 46.3. The van der Waals surface area contributed by atoms with Gasteiger partial charge < -0.3 is 29.8 Å². The van der Waals surface area contributed by atoms with Crippen LogP contribution in [-0.4, -0.2) is 90.7 Å². The van der Waals surface area contributed by atoms with Gasteiger partial charge in [-0.1, -0.05) is 44.5 Å². The van der Waals surface area contributed by atoms with Crippen molar-refractivity contribution in [2.24, 2.45) is 11.3 Å². The van der Waals surface area contributed by atoms with E-state index in [9.17, 15) is 32.8 Å². The van der Waals surface area contributed by atoms with Crippen molar-refractivity contribution in [3.8, 4) is 17.4 Å². The third-order valence-corrected chi connectivity index (χ3v) is 16.2. The van der Waals surface area contributed by atoms with Gasteiger partial charge in [0.1, 0.15) is 22.9 Å². The van der Waals surface area contributed by atoms with Gasteiger partial charge in [0.25, 0.3) is 27.5 Å². The molecule has 3 aromatic carbocycles. The van der Waals surface area contributed by atoms with Crippen LogP contribution in [0.5, 0.6) is 17.4 Å². The summed E-state index contributed by atoms with van der Waals surface area (Å²) in [5, 5.41) is 25.7. The number of H-pyrrole nitrogens is 1. The molecule has 2 saturated carbocycles. The van der Waals surface area contributed by atoms with Crippen molar-refractivity contribution in [3.05, 3.63) is 106 Å². The molecule has 2 aliphatic carbocycles. The number of benzene rings is 3. The van der Waals surface area contributed by atoms with Gasteiger partial charge in [-0.15, -0.1) is 0 Å². The largest absolute Gasteiger partial charge is 0.478 e. The average Bonchev–Trinajstić information content (AvgIpc) is 3.93. The average molecular weight is 938 g/mol. The molecule has 356 valence electrons. The number of nitro benzene ring substituents is 1. The fraction of sp³-hybridized carbons (Fsp3) is 0.480. The molecule has 0 bridgehead atoms. The molecule has 0 unspecified atom stereocenters. The van der Waals surface area contributed by atoms with Crippen molar-refractivity contribution >= 4 is 44.0 Å². The molecule has 15 nitrogen and oxygen atoms in total. The number of rotatable bonds is 14. The number of halogens is 1. The third kappa shape index (κ3) is 9.55. The van der Waals surface area contributed by atoms with Crippen LogP contribution in [0.25, 0.3) is 11.0 Å². The molecule has 17 heteroatoms. The molecule has 4 N–H and O–H groups in total. The number of ether oxygens (including phenoxy) is 2. The van der Waals surface area contributed by atoms with E-state index in [1.165, 1.54) is 61.8 Å². The third-order valence-electron chi connectivity index (χ3n) is 14.9. The Morgan fingerprint density at radius 2 is 1.76 bits per heavy atom. The van der Waals surface area contributed by atoms with Crippen LogP contribution < -0.4 is 24.4 Å². The number of piperidine rings is 1. The number of likely N-dealkylation sites (tertiary alicyclic amines) is 1. The number of hydrogen-bond acceptors (Lipinski definition) is 12. The summed E-state index contributed by atoms with van der Waals surface area (Å²) in [4.78, 5) is 37.2. The molecular formula is C50H60FN7O8S. The van der Waals surface area contributed by atoms with Gasteiger partial charge in [-0.3, -0.25) is 19.8 Å². The van der Waals surface area contributed by atoms with Crippen molar-refractivity contribution < 1.29 is 37.1 Å². The van der Waals surface area contributed by atoms with E-state index in [1.54, 1.807) is 19.1 Å². The molecule has 2 aromatic heterocycles. The first-order valence-electron chi connectivity index (χ1n) is 23.5. The minimum Gasteiger partial charge on any atom is -0.478 e. The normalized spacial score (nSPS) is 23.0. The van der Waals surface area contributed by atoms with Gasteiger partial charge in [0.2, 0.25) is 0 Å². The molecule has 67 heavy (non-hydrogen) atoms.